The Bertz CT molecular complexity index is 1030. The molecule has 3 rings (SSSR count). The van der Waals surface area contributed by atoms with Gasteiger partial charge in [0.15, 0.2) is 0 Å². The Morgan fingerprint density at radius 1 is 1.11 bits per heavy atom. The second-order valence-corrected chi connectivity index (χ2v) is 8.42. The van der Waals surface area contributed by atoms with Crippen molar-refractivity contribution in [1.29, 1.82) is 5.26 Å². The summed E-state index contributed by atoms with van der Waals surface area (Å²) in [4.78, 5) is 14.6. The topological polar surface area (TPSA) is 99.3 Å². The van der Waals surface area contributed by atoms with Crippen LogP contribution in [0.25, 0.3) is 0 Å². The Morgan fingerprint density at radius 2 is 1.74 bits per heavy atom. The minimum atomic E-state index is -3.51. The summed E-state index contributed by atoms with van der Waals surface area (Å²) in [6.07, 6.45) is 0. The molecule has 0 amide bonds. The van der Waals surface area contributed by atoms with Gasteiger partial charge in [-0.25, -0.2) is 13.1 Å². The van der Waals surface area contributed by atoms with E-state index in [9.17, 15) is 18.5 Å². The lowest BCUT2D eigenvalue weighted by atomic mass is 10.1. The highest BCUT2D eigenvalue weighted by Crippen LogP contribution is 2.17. The van der Waals surface area contributed by atoms with Crippen LogP contribution < -0.4 is 5.56 Å². The summed E-state index contributed by atoms with van der Waals surface area (Å²) in [5, 5.41) is 13.5. The monoisotopic (exact) mass is 387 g/mol. The second kappa shape index (κ2) is 7.60. The number of nitrogens with zero attached hydrogens (tertiary/aromatic N) is 5. The van der Waals surface area contributed by atoms with Gasteiger partial charge in [-0.15, -0.1) is 0 Å². The van der Waals surface area contributed by atoms with E-state index < -0.39 is 15.6 Å². The molecule has 1 fully saturated rings. The Kier molecular flexibility index (Phi) is 5.41. The van der Waals surface area contributed by atoms with Crippen molar-refractivity contribution in [2.24, 2.45) is 0 Å². The van der Waals surface area contributed by atoms with Crippen molar-refractivity contribution in [3.8, 4) is 6.07 Å². The fourth-order valence-corrected chi connectivity index (χ4v) is 4.48. The molecule has 0 unspecified atom stereocenters. The molecule has 9 heteroatoms. The highest BCUT2D eigenvalue weighted by molar-refractivity contribution is 7.89. The number of aryl methyl sites for hydroxylation is 1. The van der Waals surface area contributed by atoms with Gasteiger partial charge in [0.25, 0.3) is 5.56 Å². The van der Waals surface area contributed by atoms with E-state index in [0.29, 0.717) is 37.4 Å². The molecule has 0 saturated carbocycles. The number of aromatic nitrogens is 2. The van der Waals surface area contributed by atoms with Crippen molar-refractivity contribution in [2.45, 2.75) is 25.4 Å². The Hall–Kier alpha value is -2.54. The molecule has 8 nitrogen and oxygen atoms in total. The number of benzene rings is 1. The van der Waals surface area contributed by atoms with Crippen molar-refractivity contribution in [3.63, 3.8) is 0 Å². The van der Waals surface area contributed by atoms with Crippen LogP contribution in [0.3, 0.4) is 0 Å². The third kappa shape index (κ3) is 3.78. The highest BCUT2D eigenvalue weighted by atomic mass is 32.2. The standard InChI is InChI=1S/C18H21N5O3S/c1-14-15(2)20-23(18(24)17(14)12-19)13-21-8-10-22(11-9-21)27(25,26)16-6-4-3-5-7-16/h3-7H,8-11,13H2,1-2H3. The smallest absolute Gasteiger partial charge is 0.282 e. The average molecular weight is 387 g/mol. The molecule has 1 aromatic heterocycles. The van der Waals surface area contributed by atoms with Gasteiger partial charge in [-0.2, -0.15) is 14.7 Å². The zero-order chi connectivity index (χ0) is 19.6. The van der Waals surface area contributed by atoms with Gasteiger partial charge in [0.2, 0.25) is 10.0 Å². The summed E-state index contributed by atoms with van der Waals surface area (Å²) >= 11 is 0. The first kappa shape index (κ1) is 19.2. The summed E-state index contributed by atoms with van der Waals surface area (Å²) in [6.45, 7) is 5.33. The first-order chi connectivity index (χ1) is 12.8. The molecule has 2 aromatic rings. The predicted molar refractivity (Wildman–Crippen MR) is 99.5 cm³/mol. The summed E-state index contributed by atoms with van der Waals surface area (Å²) in [7, 11) is -3.51. The molecule has 0 spiro atoms. The Morgan fingerprint density at radius 3 is 2.33 bits per heavy atom. The van der Waals surface area contributed by atoms with E-state index in [4.69, 9.17) is 0 Å². The van der Waals surface area contributed by atoms with Crippen molar-refractivity contribution in [2.75, 3.05) is 26.2 Å². The van der Waals surface area contributed by atoms with Gasteiger partial charge in [-0.05, 0) is 31.5 Å². The molecule has 0 bridgehead atoms. The molecule has 0 aliphatic carbocycles. The molecule has 0 radical (unpaired) electrons. The quantitative estimate of drug-likeness (QED) is 0.766. The number of rotatable bonds is 4. The van der Waals surface area contributed by atoms with Gasteiger partial charge < -0.3 is 0 Å². The molecule has 0 N–H and O–H groups in total. The van der Waals surface area contributed by atoms with Gasteiger partial charge in [0.1, 0.15) is 11.6 Å². The Balaban J connectivity index is 1.72. The summed E-state index contributed by atoms with van der Waals surface area (Å²) in [5.74, 6) is 0. The van der Waals surface area contributed by atoms with Gasteiger partial charge in [0.05, 0.1) is 17.3 Å². The van der Waals surface area contributed by atoms with E-state index in [1.165, 1.54) is 8.99 Å². The SMILES string of the molecule is Cc1nn(CN2CCN(S(=O)(=O)c3ccccc3)CC2)c(=O)c(C#N)c1C. The fraction of sp³-hybridized carbons (Fsp3) is 0.389. The molecule has 1 aliphatic rings. The molecular formula is C18H21N5O3S. The number of sulfonamides is 1. The number of nitriles is 1. The molecule has 142 valence electrons. The lowest BCUT2D eigenvalue weighted by Crippen LogP contribution is -2.50. The maximum atomic E-state index is 12.7. The molecule has 27 heavy (non-hydrogen) atoms. The summed E-state index contributed by atoms with van der Waals surface area (Å²) in [5.41, 5.74) is 0.918. The normalized spacial score (nSPS) is 16.2. The van der Waals surface area contributed by atoms with E-state index in [-0.39, 0.29) is 17.1 Å². The molecule has 1 saturated heterocycles. The van der Waals surface area contributed by atoms with E-state index in [0.717, 1.165) is 0 Å². The molecule has 2 heterocycles. The minimum absolute atomic E-state index is 0.104. The number of hydrogen-bond acceptors (Lipinski definition) is 6. The first-order valence-corrected chi connectivity index (χ1v) is 10.0. The molecule has 1 aliphatic heterocycles. The van der Waals surface area contributed by atoms with Crippen LogP contribution in [0.15, 0.2) is 40.0 Å². The Labute approximate surface area is 158 Å². The van der Waals surface area contributed by atoms with Crippen LogP contribution >= 0.6 is 0 Å². The van der Waals surface area contributed by atoms with E-state index in [2.05, 4.69) is 5.10 Å². The third-order valence-corrected chi connectivity index (χ3v) is 6.71. The van der Waals surface area contributed by atoms with Gasteiger partial charge in [-0.3, -0.25) is 9.69 Å². The van der Waals surface area contributed by atoms with Crippen molar-refractivity contribution < 1.29 is 8.42 Å². The van der Waals surface area contributed by atoms with E-state index >= 15 is 0 Å². The maximum absolute atomic E-state index is 12.7. The summed E-state index contributed by atoms with van der Waals surface area (Å²) in [6, 6.07) is 10.3. The fourth-order valence-electron chi connectivity index (χ4n) is 3.04. The van der Waals surface area contributed by atoms with Crippen LogP contribution in [-0.2, 0) is 16.7 Å². The van der Waals surface area contributed by atoms with Crippen molar-refractivity contribution in [1.82, 2.24) is 19.0 Å². The predicted octanol–water partition coefficient (Wildman–Crippen LogP) is 0.696. The van der Waals surface area contributed by atoms with Crippen molar-refractivity contribution >= 4 is 10.0 Å². The van der Waals surface area contributed by atoms with Crippen LogP contribution in [0.1, 0.15) is 16.8 Å². The molecule has 0 atom stereocenters. The highest BCUT2D eigenvalue weighted by Gasteiger charge is 2.28. The molecular weight excluding hydrogens is 366 g/mol. The van der Waals surface area contributed by atoms with Gasteiger partial charge in [0, 0.05) is 26.2 Å². The van der Waals surface area contributed by atoms with Gasteiger partial charge >= 0.3 is 0 Å². The largest absolute Gasteiger partial charge is 0.286 e. The van der Waals surface area contributed by atoms with Crippen LogP contribution in [0.4, 0.5) is 0 Å². The van der Waals surface area contributed by atoms with E-state index in [1.54, 1.807) is 44.2 Å². The lowest BCUT2D eigenvalue weighted by Gasteiger charge is -2.33. The zero-order valence-electron chi connectivity index (χ0n) is 15.3. The summed E-state index contributed by atoms with van der Waals surface area (Å²) < 4.78 is 28.1. The van der Waals surface area contributed by atoms with Gasteiger partial charge in [-0.1, -0.05) is 18.2 Å². The minimum Gasteiger partial charge on any atom is -0.282 e. The van der Waals surface area contributed by atoms with Crippen LogP contribution in [0.5, 0.6) is 0 Å². The van der Waals surface area contributed by atoms with Crippen LogP contribution in [0.2, 0.25) is 0 Å². The third-order valence-electron chi connectivity index (χ3n) is 4.79. The van der Waals surface area contributed by atoms with Crippen LogP contribution in [-0.4, -0.2) is 53.6 Å². The second-order valence-electron chi connectivity index (χ2n) is 6.48. The number of hydrogen-bond donors (Lipinski definition) is 0. The van der Waals surface area contributed by atoms with Crippen molar-refractivity contribution in [3.05, 3.63) is 57.5 Å². The maximum Gasteiger partial charge on any atom is 0.286 e. The zero-order valence-corrected chi connectivity index (χ0v) is 16.1. The van der Waals surface area contributed by atoms with E-state index in [1.807, 2.05) is 11.0 Å². The van der Waals surface area contributed by atoms with Crippen LogP contribution in [0, 0.1) is 25.2 Å². The average Bonchev–Trinajstić information content (AvgIpc) is 2.68. The number of piperazine rings is 1. The first-order valence-electron chi connectivity index (χ1n) is 8.60. The lowest BCUT2D eigenvalue weighted by molar-refractivity contribution is 0.142. The molecule has 1 aromatic carbocycles.